The van der Waals surface area contributed by atoms with E-state index in [9.17, 15) is 0 Å². The fourth-order valence-electron chi connectivity index (χ4n) is 3.05. The van der Waals surface area contributed by atoms with Crippen molar-refractivity contribution in [1.82, 2.24) is 0 Å². The van der Waals surface area contributed by atoms with E-state index < -0.39 is 0 Å². The van der Waals surface area contributed by atoms with Crippen LogP contribution in [0.25, 0.3) is 0 Å². The number of anilines is 1. The van der Waals surface area contributed by atoms with Crippen LogP contribution in [-0.4, -0.2) is 6.04 Å². The predicted octanol–water partition coefficient (Wildman–Crippen LogP) is 6.26. The van der Waals surface area contributed by atoms with Crippen LogP contribution in [0.15, 0.2) is 22.7 Å². The molecule has 0 aliphatic heterocycles. The molecule has 1 aromatic rings. The third-order valence-corrected chi connectivity index (χ3v) is 5.49. The van der Waals surface area contributed by atoms with Gasteiger partial charge in [0.25, 0.3) is 0 Å². The molecule has 0 heterocycles. The van der Waals surface area contributed by atoms with Crippen LogP contribution in [0.5, 0.6) is 0 Å². The molecule has 1 aliphatic rings. The Morgan fingerprint density at radius 3 is 2.89 bits per heavy atom. The van der Waals surface area contributed by atoms with Gasteiger partial charge in [-0.3, -0.25) is 0 Å². The molecule has 0 saturated heterocycles. The van der Waals surface area contributed by atoms with Gasteiger partial charge in [0.2, 0.25) is 0 Å². The van der Waals surface area contributed by atoms with E-state index in [0.29, 0.717) is 6.04 Å². The summed E-state index contributed by atoms with van der Waals surface area (Å²) in [7, 11) is 0. The van der Waals surface area contributed by atoms with Gasteiger partial charge in [-0.05, 0) is 53.2 Å². The average Bonchev–Trinajstić information content (AvgIpc) is 2.61. The first-order valence-corrected chi connectivity index (χ1v) is 8.58. The van der Waals surface area contributed by atoms with Crippen molar-refractivity contribution in [3.8, 4) is 0 Å². The second kappa shape index (κ2) is 7.54. The highest BCUT2D eigenvalue weighted by Crippen LogP contribution is 2.33. The van der Waals surface area contributed by atoms with Gasteiger partial charge in [0, 0.05) is 6.04 Å². The molecule has 19 heavy (non-hydrogen) atoms. The van der Waals surface area contributed by atoms with Crippen LogP contribution in [-0.2, 0) is 0 Å². The number of hydrogen-bond donors (Lipinski definition) is 1. The highest BCUT2D eigenvalue weighted by molar-refractivity contribution is 9.10. The van der Waals surface area contributed by atoms with Crippen LogP contribution >= 0.6 is 27.5 Å². The molecule has 1 nitrogen and oxygen atoms in total. The highest BCUT2D eigenvalue weighted by Gasteiger charge is 2.19. The maximum Gasteiger partial charge on any atom is 0.0593 e. The molecule has 1 saturated carbocycles. The summed E-state index contributed by atoms with van der Waals surface area (Å²) in [6, 6.07) is 6.62. The van der Waals surface area contributed by atoms with Crippen LogP contribution in [0.4, 0.5) is 5.69 Å². The van der Waals surface area contributed by atoms with Gasteiger partial charge in [-0.15, -0.1) is 0 Å². The molecule has 1 fully saturated rings. The minimum Gasteiger partial charge on any atom is -0.381 e. The van der Waals surface area contributed by atoms with Crippen molar-refractivity contribution in [3.63, 3.8) is 0 Å². The van der Waals surface area contributed by atoms with Gasteiger partial charge < -0.3 is 5.32 Å². The first-order chi connectivity index (χ1) is 9.20. The Labute approximate surface area is 130 Å². The van der Waals surface area contributed by atoms with E-state index in [0.717, 1.165) is 21.1 Å². The summed E-state index contributed by atoms with van der Waals surface area (Å²) >= 11 is 9.71. The van der Waals surface area contributed by atoms with Gasteiger partial charge in [-0.25, -0.2) is 0 Å². The lowest BCUT2D eigenvalue weighted by Crippen LogP contribution is -2.18. The maximum atomic E-state index is 6.14. The number of nitrogens with one attached hydrogen (secondary N) is 1. The molecular formula is C16H23BrClN. The monoisotopic (exact) mass is 343 g/mol. The van der Waals surface area contributed by atoms with Gasteiger partial charge in [0.15, 0.2) is 0 Å². The number of hydrogen-bond acceptors (Lipinski definition) is 1. The zero-order valence-electron chi connectivity index (χ0n) is 11.6. The number of rotatable bonds is 4. The standard InChI is InChI=1S/C16H23BrClN/c1-2-5-12-6-3-7-13(11-10-12)19-15-9-4-8-14(18)16(15)17/h4,8-9,12-13,19H,2-3,5-7,10-11H2,1H3. The Bertz CT molecular complexity index is 408. The third kappa shape index (κ3) is 4.39. The minimum atomic E-state index is 0.594. The fraction of sp³-hybridized carbons (Fsp3) is 0.625. The SMILES string of the molecule is CCCC1CCCC(Nc2cccc(Cl)c2Br)CC1. The number of benzene rings is 1. The van der Waals surface area contributed by atoms with Gasteiger partial charge in [0.1, 0.15) is 0 Å². The van der Waals surface area contributed by atoms with E-state index in [1.165, 1.54) is 44.9 Å². The molecule has 2 atom stereocenters. The summed E-state index contributed by atoms with van der Waals surface area (Å²) in [5.74, 6) is 0.944. The van der Waals surface area contributed by atoms with Crippen molar-refractivity contribution < 1.29 is 0 Å². The quantitative estimate of drug-likeness (QED) is 0.635. The molecule has 106 valence electrons. The summed E-state index contributed by atoms with van der Waals surface area (Å²) in [4.78, 5) is 0. The fourth-order valence-corrected chi connectivity index (χ4v) is 3.61. The summed E-state index contributed by atoms with van der Waals surface area (Å²) in [6.45, 7) is 2.30. The summed E-state index contributed by atoms with van der Waals surface area (Å²) in [6.07, 6.45) is 9.39. The van der Waals surface area contributed by atoms with Crippen LogP contribution in [0, 0.1) is 5.92 Å². The molecule has 0 bridgehead atoms. The van der Waals surface area contributed by atoms with Crippen molar-refractivity contribution in [1.29, 1.82) is 0 Å². The zero-order chi connectivity index (χ0) is 13.7. The lowest BCUT2D eigenvalue weighted by molar-refractivity contribution is 0.422. The predicted molar refractivity (Wildman–Crippen MR) is 88.0 cm³/mol. The van der Waals surface area contributed by atoms with Crippen LogP contribution in [0.2, 0.25) is 5.02 Å². The largest absolute Gasteiger partial charge is 0.381 e. The zero-order valence-corrected chi connectivity index (χ0v) is 13.9. The summed E-state index contributed by atoms with van der Waals surface area (Å²) in [5, 5.41) is 4.44. The molecule has 2 unspecified atom stereocenters. The lowest BCUT2D eigenvalue weighted by Gasteiger charge is -2.19. The van der Waals surface area contributed by atoms with Crippen molar-refractivity contribution in [2.24, 2.45) is 5.92 Å². The van der Waals surface area contributed by atoms with E-state index in [-0.39, 0.29) is 0 Å². The first kappa shape index (κ1) is 15.2. The summed E-state index contributed by atoms with van der Waals surface area (Å²) < 4.78 is 0.992. The highest BCUT2D eigenvalue weighted by atomic mass is 79.9. The van der Waals surface area contributed by atoms with Gasteiger partial charge in [0.05, 0.1) is 15.2 Å². The van der Waals surface area contributed by atoms with Gasteiger partial charge in [-0.2, -0.15) is 0 Å². The van der Waals surface area contributed by atoms with Crippen LogP contribution in [0.1, 0.15) is 51.9 Å². The molecule has 1 N–H and O–H groups in total. The van der Waals surface area contributed by atoms with Gasteiger partial charge >= 0.3 is 0 Å². The normalized spacial score (nSPS) is 23.9. The molecule has 1 aromatic carbocycles. The average molecular weight is 345 g/mol. The molecule has 0 amide bonds. The Kier molecular flexibility index (Phi) is 6.03. The third-order valence-electron chi connectivity index (χ3n) is 4.10. The Morgan fingerprint density at radius 1 is 1.26 bits per heavy atom. The van der Waals surface area contributed by atoms with Crippen molar-refractivity contribution in [3.05, 3.63) is 27.7 Å². The van der Waals surface area contributed by atoms with Crippen LogP contribution in [0.3, 0.4) is 0 Å². The number of halogens is 2. The van der Waals surface area contributed by atoms with Crippen LogP contribution < -0.4 is 5.32 Å². The van der Waals surface area contributed by atoms with E-state index in [4.69, 9.17) is 11.6 Å². The van der Waals surface area contributed by atoms with Gasteiger partial charge in [-0.1, -0.05) is 50.3 Å². The van der Waals surface area contributed by atoms with E-state index in [1.807, 2.05) is 12.1 Å². The van der Waals surface area contributed by atoms with E-state index in [1.54, 1.807) is 0 Å². The molecule has 3 heteroatoms. The Hall–Kier alpha value is -0.210. The first-order valence-electron chi connectivity index (χ1n) is 7.41. The maximum absolute atomic E-state index is 6.14. The second-order valence-corrected chi connectivity index (χ2v) is 6.81. The van der Waals surface area contributed by atoms with Crippen molar-refractivity contribution in [2.75, 3.05) is 5.32 Å². The van der Waals surface area contributed by atoms with Crippen molar-refractivity contribution >= 4 is 33.2 Å². The topological polar surface area (TPSA) is 12.0 Å². The molecule has 0 aromatic heterocycles. The van der Waals surface area contributed by atoms with Crippen molar-refractivity contribution in [2.45, 2.75) is 57.9 Å². The Balaban J connectivity index is 1.94. The van der Waals surface area contributed by atoms with E-state index in [2.05, 4.69) is 34.2 Å². The molecule has 1 aliphatic carbocycles. The molecular weight excluding hydrogens is 322 g/mol. The smallest absolute Gasteiger partial charge is 0.0593 e. The minimum absolute atomic E-state index is 0.594. The molecule has 0 radical (unpaired) electrons. The Morgan fingerprint density at radius 2 is 2.11 bits per heavy atom. The molecule has 0 spiro atoms. The van der Waals surface area contributed by atoms with E-state index >= 15 is 0 Å². The lowest BCUT2D eigenvalue weighted by atomic mass is 9.95. The molecule has 2 rings (SSSR count). The summed E-state index contributed by atoms with van der Waals surface area (Å²) in [5.41, 5.74) is 1.13. The second-order valence-electron chi connectivity index (χ2n) is 5.61.